The zero-order chi connectivity index (χ0) is 14.5. The number of carbonyl (C=O) groups is 2. The fourth-order valence-electron chi connectivity index (χ4n) is 1.91. The molecule has 1 aliphatic heterocycles. The van der Waals surface area contributed by atoms with Gasteiger partial charge in [0, 0.05) is 24.0 Å². The average molecular weight is 360 g/mol. The van der Waals surface area contributed by atoms with E-state index in [-0.39, 0.29) is 12.3 Å². The van der Waals surface area contributed by atoms with Crippen molar-refractivity contribution in [2.75, 3.05) is 19.7 Å². The number of thiophene rings is 1. The van der Waals surface area contributed by atoms with Gasteiger partial charge in [0.15, 0.2) is 0 Å². The summed E-state index contributed by atoms with van der Waals surface area (Å²) >= 11 is 4.91. The van der Waals surface area contributed by atoms with E-state index < -0.39 is 12.1 Å². The number of nitrogens with zero attached hydrogens (tertiary/aromatic N) is 1. The van der Waals surface area contributed by atoms with E-state index >= 15 is 0 Å². The van der Waals surface area contributed by atoms with Crippen molar-refractivity contribution in [2.45, 2.75) is 12.5 Å². The Kier molecular flexibility index (Phi) is 5.33. The first-order valence-electron chi connectivity index (χ1n) is 6.10. The second kappa shape index (κ2) is 7.01. The van der Waals surface area contributed by atoms with Gasteiger partial charge in [-0.1, -0.05) is 0 Å². The molecule has 108 valence electrons. The number of aliphatic carboxylic acids is 1. The molecular weight excluding hydrogens is 346 g/mol. The molecule has 1 aromatic rings. The van der Waals surface area contributed by atoms with Crippen molar-refractivity contribution in [1.29, 1.82) is 0 Å². The molecule has 1 aromatic heterocycles. The van der Waals surface area contributed by atoms with Gasteiger partial charge in [0.25, 0.3) is 0 Å². The summed E-state index contributed by atoms with van der Waals surface area (Å²) in [6, 6.07) is 3.84. The molecule has 0 saturated carbocycles. The molecule has 0 spiro atoms. The number of hydrogen-bond acceptors (Lipinski definition) is 4. The lowest BCUT2D eigenvalue weighted by Gasteiger charge is -2.31. The molecule has 5 nitrogen and oxygen atoms in total. The number of carbonyl (C=O) groups excluding carboxylic acids is 1. The highest BCUT2D eigenvalue weighted by Crippen LogP contribution is 2.23. The molecule has 1 fully saturated rings. The van der Waals surface area contributed by atoms with Crippen molar-refractivity contribution in [2.24, 2.45) is 0 Å². The van der Waals surface area contributed by atoms with Gasteiger partial charge in [0.2, 0.25) is 5.91 Å². The maximum Gasteiger partial charge on any atom is 0.306 e. The fraction of sp³-hybridized carbons (Fsp3) is 0.385. The van der Waals surface area contributed by atoms with Crippen LogP contribution in [0.15, 0.2) is 22.0 Å². The van der Waals surface area contributed by atoms with E-state index in [1.165, 1.54) is 6.08 Å². The third-order valence-corrected chi connectivity index (χ3v) is 4.43. The van der Waals surface area contributed by atoms with Crippen LogP contribution in [0.2, 0.25) is 0 Å². The smallest absolute Gasteiger partial charge is 0.306 e. The van der Waals surface area contributed by atoms with Crippen molar-refractivity contribution in [3.05, 3.63) is 26.9 Å². The van der Waals surface area contributed by atoms with Crippen LogP contribution in [0, 0.1) is 0 Å². The van der Waals surface area contributed by atoms with Crippen LogP contribution in [0.25, 0.3) is 6.08 Å². The number of halogens is 1. The van der Waals surface area contributed by atoms with Gasteiger partial charge in [-0.3, -0.25) is 9.59 Å². The summed E-state index contributed by atoms with van der Waals surface area (Å²) in [5.74, 6) is -1.03. The third-order valence-electron chi connectivity index (χ3n) is 2.84. The van der Waals surface area contributed by atoms with E-state index in [9.17, 15) is 9.59 Å². The van der Waals surface area contributed by atoms with Gasteiger partial charge in [-0.25, -0.2) is 0 Å². The molecule has 0 bridgehead atoms. The molecule has 7 heteroatoms. The molecule has 2 rings (SSSR count). The van der Waals surface area contributed by atoms with E-state index in [2.05, 4.69) is 15.9 Å². The Bertz CT molecular complexity index is 528. The van der Waals surface area contributed by atoms with Crippen LogP contribution >= 0.6 is 27.3 Å². The number of rotatable bonds is 4. The topological polar surface area (TPSA) is 66.8 Å². The third kappa shape index (κ3) is 4.43. The Balaban J connectivity index is 1.91. The zero-order valence-electron chi connectivity index (χ0n) is 10.6. The number of hydrogen-bond donors (Lipinski definition) is 1. The van der Waals surface area contributed by atoms with Crippen LogP contribution in [0.5, 0.6) is 0 Å². The first-order chi connectivity index (χ1) is 9.54. The second-order valence-corrected chi connectivity index (χ2v) is 6.84. The summed E-state index contributed by atoms with van der Waals surface area (Å²) in [6.45, 7) is 1.19. The van der Waals surface area contributed by atoms with Crippen LogP contribution in [-0.4, -0.2) is 47.7 Å². The molecule has 1 unspecified atom stereocenters. The van der Waals surface area contributed by atoms with Gasteiger partial charge in [-0.05, 0) is 34.1 Å². The highest BCUT2D eigenvalue weighted by atomic mass is 79.9. The molecular formula is C13H14BrNO4S. The monoisotopic (exact) mass is 359 g/mol. The van der Waals surface area contributed by atoms with Crippen molar-refractivity contribution >= 4 is 45.2 Å². The molecule has 1 N–H and O–H groups in total. The van der Waals surface area contributed by atoms with Crippen LogP contribution in [0.4, 0.5) is 0 Å². The van der Waals surface area contributed by atoms with E-state index in [4.69, 9.17) is 9.84 Å². The van der Waals surface area contributed by atoms with E-state index in [1.807, 2.05) is 12.1 Å². The Morgan fingerprint density at radius 1 is 1.55 bits per heavy atom. The van der Waals surface area contributed by atoms with Crippen LogP contribution in [0.1, 0.15) is 11.3 Å². The summed E-state index contributed by atoms with van der Waals surface area (Å²) < 4.78 is 6.34. The van der Waals surface area contributed by atoms with Gasteiger partial charge in [0.1, 0.15) is 0 Å². The molecule has 0 aliphatic carbocycles. The van der Waals surface area contributed by atoms with Crippen LogP contribution in [0.3, 0.4) is 0 Å². The fourth-order valence-corrected chi connectivity index (χ4v) is 3.24. The van der Waals surface area contributed by atoms with E-state index in [1.54, 1.807) is 22.3 Å². The summed E-state index contributed by atoms with van der Waals surface area (Å²) in [5.41, 5.74) is 0. The average Bonchev–Trinajstić information content (AvgIpc) is 2.81. The lowest BCUT2D eigenvalue weighted by molar-refractivity contribution is -0.145. The maximum atomic E-state index is 12.0. The predicted molar refractivity (Wildman–Crippen MR) is 79.6 cm³/mol. The Hall–Kier alpha value is -1.18. The number of carboxylic acid groups (broad SMARTS) is 1. The molecule has 20 heavy (non-hydrogen) atoms. The van der Waals surface area contributed by atoms with Crippen molar-refractivity contribution in [3.63, 3.8) is 0 Å². The lowest BCUT2D eigenvalue weighted by atomic mass is 10.2. The van der Waals surface area contributed by atoms with E-state index in [0.717, 1.165) is 8.66 Å². The first kappa shape index (κ1) is 15.2. The minimum atomic E-state index is -0.914. The quantitative estimate of drug-likeness (QED) is 0.837. The predicted octanol–water partition coefficient (Wildman–Crippen LogP) is 2.23. The molecule has 1 aliphatic rings. The first-order valence-corrected chi connectivity index (χ1v) is 7.71. The SMILES string of the molecule is O=C(O)CC1CN(C(=O)C=Cc2ccc(Br)s2)CCO1. The number of morpholine rings is 1. The number of ether oxygens (including phenoxy) is 1. The van der Waals surface area contributed by atoms with Crippen molar-refractivity contribution < 1.29 is 19.4 Å². The summed E-state index contributed by atoms with van der Waals surface area (Å²) in [5, 5.41) is 8.74. The Labute approximate surface area is 129 Å². The van der Waals surface area contributed by atoms with Gasteiger partial charge >= 0.3 is 5.97 Å². The standard InChI is InChI=1S/C13H14BrNO4S/c14-11-3-1-10(20-11)2-4-12(16)15-5-6-19-9(8-15)7-13(17)18/h1-4,9H,5-8H2,(H,17,18). The van der Waals surface area contributed by atoms with Crippen molar-refractivity contribution in [1.82, 2.24) is 4.90 Å². The van der Waals surface area contributed by atoms with E-state index in [0.29, 0.717) is 19.7 Å². The zero-order valence-corrected chi connectivity index (χ0v) is 13.0. The molecule has 0 radical (unpaired) electrons. The molecule has 2 heterocycles. The van der Waals surface area contributed by atoms with Crippen LogP contribution in [-0.2, 0) is 14.3 Å². The number of carboxylic acids is 1. The summed E-state index contributed by atoms with van der Waals surface area (Å²) in [6.07, 6.45) is 2.78. The van der Waals surface area contributed by atoms with Gasteiger partial charge in [-0.15, -0.1) is 11.3 Å². The second-order valence-electron chi connectivity index (χ2n) is 4.35. The van der Waals surface area contributed by atoms with Crippen molar-refractivity contribution in [3.8, 4) is 0 Å². The summed E-state index contributed by atoms with van der Waals surface area (Å²) in [4.78, 5) is 25.3. The normalized spacial score (nSPS) is 19.4. The molecule has 1 atom stereocenters. The minimum absolute atomic E-state index is 0.0780. The highest BCUT2D eigenvalue weighted by Gasteiger charge is 2.24. The molecule has 1 amide bonds. The van der Waals surface area contributed by atoms with Crippen LogP contribution < -0.4 is 0 Å². The Morgan fingerprint density at radius 2 is 2.35 bits per heavy atom. The summed E-state index contributed by atoms with van der Waals surface area (Å²) in [7, 11) is 0. The number of amides is 1. The lowest BCUT2D eigenvalue weighted by Crippen LogP contribution is -2.45. The van der Waals surface area contributed by atoms with Gasteiger partial charge in [0.05, 0.1) is 22.9 Å². The Morgan fingerprint density at radius 3 is 3.00 bits per heavy atom. The molecule has 0 aromatic carbocycles. The highest BCUT2D eigenvalue weighted by molar-refractivity contribution is 9.11. The van der Waals surface area contributed by atoms with Gasteiger partial charge < -0.3 is 14.7 Å². The largest absolute Gasteiger partial charge is 0.481 e. The van der Waals surface area contributed by atoms with Gasteiger partial charge in [-0.2, -0.15) is 0 Å². The minimum Gasteiger partial charge on any atom is -0.481 e. The maximum absolute atomic E-state index is 12.0. The molecule has 1 saturated heterocycles.